The number of rotatable bonds is 3. The standard InChI is InChI=1S/C20H18ClNO4S/c1-2-26-19(23)14-11-12-22-20(13-14,15-7-9-16(21)10-8-15)17-5-3-4-6-18(17)27(22,24)25/h3-11H,2,12-13H2,1H3. The second kappa shape index (κ2) is 6.48. The van der Waals surface area contributed by atoms with E-state index >= 15 is 0 Å². The maximum Gasteiger partial charge on any atom is 0.333 e. The van der Waals surface area contributed by atoms with E-state index in [2.05, 4.69) is 0 Å². The van der Waals surface area contributed by atoms with Gasteiger partial charge in [-0.1, -0.05) is 48.0 Å². The second-order valence-electron chi connectivity index (χ2n) is 6.53. The van der Waals surface area contributed by atoms with Gasteiger partial charge in [-0.2, -0.15) is 4.31 Å². The van der Waals surface area contributed by atoms with E-state index in [0.29, 0.717) is 16.2 Å². The van der Waals surface area contributed by atoms with E-state index < -0.39 is 21.5 Å². The normalized spacial score (nSPS) is 23.3. The molecule has 2 heterocycles. The van der Waals surface area contributed by atoms with Crippen LogP contribution in [0.25, 0.3) is 0 Å². The smallest absolute Gasteiger partial charge is 0.333 e. The van der Waals surface area contributed by atoms with Gasteiger partial charge in [-0.15, -0.1) is 0 Å². The van der Waals surface area contributed by atoms with Crippen molar-refractivity contribution in [3.63, 3.8) is 0 Å². The summed E-state index contributed by atoms with van der Waals surface area (Å²) in [6.07, 6.45) is 1.86. The lowest BCUT2D eigenvalue weighted by Crippen LogP contribution is -2.48. The van der Waals surface area contributed by atoms with Gasteiger partial charge in [-0.3, -0.25) is 0 Å². The molecule has 2 aromatic rings. The highest BCUT2D eigenvalue weighted by molar-refractivity contribution is 7.89. The number of fused-ring (bicyclic) bond motifs is 3. The molecule has 7 heteroatoms. The molecule has 0 bridgehead atoms. The number of hydrogen-bond acceptors (Lipinski definition) is 4. The zero-order valence-electron chi connectivity index (χ0n) is 14.7. The number of sulfonamides is 1. The molecule has 5 nitrogen and oxygen atoms in total. The summed E-state index contributed by atoms with van der Waals surface area (Å²) in [6.45, 7) is 2.12. The Bertz CT molecular complexity index is 1050. The lowest BCUT2D eigenvalue weighted by Gasteiger charge is -2.41. The Hall–Kier alpha value is -2.15. The van der Waals surface area contributed by atoms with E-state index in [4.69, 9.17) is 16.3 Å². The highest BCUT2D eigenvalue weighted by Gasteiger charge is 2.56. The minimum Gasteiger partial charge on any atom is -0.463 e. The number of benzene rings is 2. The first kappa shape index (κ1) is 18.2. The molecule has 0 radical (unpaired) electrons. The minimum atomic E-state index is -3.68. The third-order valence-corrected chi connectivity index (χ3v) is 7.34. The molecular weight excluding hydrogens is 386 g/mol. The molecule has 0 N–H and O–H groups in total. The van der Waals surface area contributed by atoms with Crippen LogP contribution in [-0.2, 0) is 25.1 Å². The summed E-state index contributed by atoms with van der Waals surface area (Å²) < 4.78 is 33.1. The Morgan fingerprint density at radius 2 is 1.89 bits per heavy atom. The molecule has 2 aliphatic heterocycles. The summed E-state index contributed by atoms with van der Waals surface area (Å²) in [7, 11) is -3.68. The largest absolute Gasteiger partial charge is 0.463 e. The van der Waals surface area contributed by atoms with Crippen molar-refractivity contribution in [1.29, 1.82) is 0 Å². The predicted octanol–water partition coefficient (Wildman–Crippen LogP) is 3.48. The van der Waals surface area contributed by atoms with E-state index in [1.807, 2.05) is 24.3 Å². The van der Waals surface area contributed by atoms with Crippen LogP contribution in [0, 0.1) is 0 Å². The SMILES string of the molecule is CCOC(=O)C1=CCN2C(c3ccc(Cl)cc3)(C1)c1ccccc1S2(=O)=O. The van der Waals surface area contributed by atoms with Crippen molar-refractivity contribution >= 4 is 27.6 Å². The van der Waals surface area contributed by atoms with Gasteiger partial charge in [0.05, 0.1) is 17.0 Å². The summed E-state index contributed by atoms with van der Waals surface area (Å²) in [4.78, 5) is 12.7. The van der Waals surface area contributed by atoms with Crippen LogP contribution in [0.1, 0.15) is 24.5 Å². The van der Waals surface area contributed by atoms with Crippen LogP contribution in [0.4, 0.5) is 0 Å². The van der Waals surface area contributed by atoms with E-state index in [-0.39, 0.29) is 24.5 Å². The molecule has 0 aliphatic carbocycles. The summed E-state index contributed by atoms with van der Waals surface area (Å²) in [5.74, 6) is -0.410. The zero-order chi connectivity index (χ0) is 19.2. The average molecular weight is 404 g/mol. The average Bonchev–Trinajstić information content (AvgIpc) is 2.88. The molecular formula is C20H18ClNO4S. The van der Waals surface area contributed by atoms with Crippen LogP contribution >= 0.6 is 11.6 Å². The Labute approximate surface area is 163 Å². The van der Waals surface area contributed by atoms with E-state index in [1.165, 1.54) is 4.31 Å². The molecule has 2 aliphatic rings. The van der Waals surface area contributed by atoms with Gasteiger partial charge in [-0.05, 0) is 36.2 Å². The predicted molar refractivity (Wildman–Crippen MR) is 102 cm³/mol. The zero-order valence-corrected chi connectivity index (χ0v) is 16.3. The van der Waals surface area contributed by atoms with Crippen molar-refractivity contribution in [3.05, 3.63) is 76.3 Å². The van der Waals surface area contributed by atoms with Crippen LogP contribution in [0.15, 0.2) is 65.1 Å². The monoisotopic (exact) mass is 403 g/mol. The fraction of sp³-hybridized carbons (Fsp3) is 0.250. The molecule has 140 valence electrons. The maximum atomic E-state index is 13.2. The van der Waals surface area contributed by atoms with Gasteiger partial charge in [0.1, 0.15) is 0 Å². The van der Waals surface area contributed by atoms with E-state index in [1.54, 1.807) is 37.3 Å². The molecule has 0 saturated heterocycles. The van der Waals surface area contributed by atoms with Gasteiger partial charge < -0.3 is 4.74 Å². The molecule has 1 unspecified atom stereocenters. The summed E-state index contributed by atoms with van der Waals surface area (Å²) in [5.41, 5.74) is 0.934. The van der Waals surface area contributed by atoms with Crippen molar-refractivity contribution in [2.24, 2.45) is 0 Å². The van der Waals surface area contributed by atoms with Crippen LogP contribution in [0.2, 0.25) is 5.02 Å². The van der Waals surface area contributed by atoms with Gasteiger partial charge in [0.2, 0.25) is 10.0 Å². The molecule has 1 atom stereocenters. The van der Waals surface area contributed by atoms with Crippen LogP contribution in [-0.4, -0.2) is 31.8 Å². The number of nitrogens with zero attached hydrogens (tertiary/aromatic N) is 1. The van der Waals surface area contributed by atoms with Gasteiger partial charge in [0.25, 0.3) is 0 Å². The molecule has 0 fully saturated rings. The number of hydrogen-bond donors (Lipinski definition) is 0. The highest BCUT2D eigenvalue weighted by atomic mass is 35.5. The lowest BCUT2D eigenvalue weighted by molar-refractivity contribution is -0.139. The quantitative estimate of drug-likeness (QED) is 0.736. The third kappa shape index (κ3) is 2.63. The Balaban J connectivity index is 1.97. The number of ether oxygens (including phenoxy) is 1. The van der Waals surface area contributed by atoms with Gasteiger partial charge in [-0.25, -0.2) is 13.2 Å². The number of carbonyl (C=O) groups is 1. The first-order chi connectivity index (χ1) is 12.9. The topological polar surface area (TPSA) is 63.7 Å². The third-order valence-electron chi connectivity index (χ3n) is 5.14. The second-order valence-corrected chi connectivity index (χ2v) is 8.79. The molecule has 2 aromatic carbocycles. The number of halogens is 1. The summed E-state index contributed by atoms with van der Waals surface area (Å²) in [5, 5.41) is 0.563. The summed E-state index contributed by atoms with van der Waals surface area (Å²) in [6, 6.07) is 14.1. The van der Waals surface area contributed by atoms with Crippen LogP contribution in [0.5, 0.6) is 0 Å². The lowest BCUT2D eigenvalue weighted by atomic mass is 9.76. The van der Waals surface area contributed by atoms with Crippen molar-refractivity contribution in [3.8, 4) is 0 Å². The molecule has 27 heavy (non-hydrogen) atoms. The van der Waals surface area contributed by atoms with E-state index in [0.717, 1.165) is 5.56 Å². The van der Waals surface area contributed by atoms with Gasteiger partial charge in [0, 0.05) is 23.6 Å². The molecule has 4 rings (SSSR count). The maximum absolute atomic E-state index is 13.2. The molecule has 0 amide bonds. The highest BCUT2D eigenvalue weighted by Crippen LogP contribution is 2.53. The fourth-order valence-electron chi connectivity index (χ4n) is 3.98. The number of esters is 1. The minimum absolute atomic E-state index is 0.105. The van der Waals surface area contributed by atoms with Gasteiger partial charge in [0.15, 0.2) is 0 Å². The first-order valence-electron chi connectivity index (χ1n) is 8.66. The Kier molecular flexibility index (Phi) is 4.37. The molecule has 0 aromatic heterocycles. The van der Waals surface area contributed by atoms with Crippen LogP contribution in [0.3, 0.4) is 0 Å². The molecule has 0 spiro atoms. The Morgan fingerprint density at radius 3 is 2.59 bits per heavy atom. The van der Waals surface area contributed by atoms with Crippen molar-refractivity contribution in [2.45, 2.75) is 23.8 Å². The Morgan fingerprint density at radius 1 is 1.19 bits per heavy atom. The fourth-order valence-corrected chi connectivity index (χ4v) is 6.05. The van der Waals surface area contributed by atoms with Crippen molar-refractivity contribution in [1.82, 2.24) is 4.31 Å². The summed E-state index contributed by atoms with van der Waals surface area (Å²) >= 11 is 6.05. The van der Waals surface area contributed by atoms with Crippen molar-refractivity contribution in [2.75, 3.05) is 13.2 Å². The van der Waals surface area contributed by atoms with E-state index in [9.17, 15) is 13.2 Å². The first-order valence-corrected chi connectivity index (χ1v) is 10.5. The van der Waals surface area contributed by atoms with Gasteiger partial charge >= 0.3 is 5.97 Å². The molecule has 0 saturated carbocycles. The number of carbonyl (C=O) groups excluding carboxylic acids is 1. The van der Waals surface area contributed by atoms with Crippen LogP contribution < -0.4 is 0 Å². The van der Waals surface area contributed by atoms with Crippen molar-refractivity contribution < 1.29 is 17.9 Å².